The molecule has 0 bridgehead atoms. The summed E-state index contributed by atoms with van der Waals surface area (Å²) in [5, 5.41) is 0. The molecule has 1 heterocycles. The Kier molecular flexibility index (Phi) is 13.8. The third-order valence-corrected chi connectivity index (χ3v) is 6.26. The number of benzene rings is 3. The van der Waals surface area contributed by atoms with Crippen LogP contribution >= 0.6 is 24.8 Å². The third-order valence-electron chi connectivity index (χ3n) is 6.26. The van der Waals surface area contributed by atoms with Crippen molar-refractivity contribution in [3.05, 3.63) is 102 Å². The highest BCUT2D eigenvalue weighted by Gasteiger charge is 2.16. The molecule has 190 valence electrons. The average Bonchev–Trinajstić information content (AvgIpc) is 2.87. The van der Waals surface area contributed by atoms with Crippen molar-refractivity contribution in [3.63, 3.8) is 0 Å². The molecule has 6 heteroatoms. The van der Waals surface area contributed by atoms with Gasteiger partial charge in [0, 0.05) is 39.3 Å². The molecule has 3 aromatic rings. The van der Waals surface area contributed by atoms with E-state index in [4.69, 9.17) is 9.47 Å². The van der Waals surface area contributed by atoms with Gasteiger partial charge in [0.05, 0.1) is 19.8 Å². The summed E-state index contributed by atoms with van der Waals surface area (Å²) in [5.41, 5.74) is 3.99. The van der Waals surface area contributed by atoms with Crippen molar-refractivity contribution in [1.29, 1.82) is 0 Å². The number of para-hydroxylation sites is 1. The Hall–Kier alpha value is -2.08. The number of halogens is 2. The third kappa shape index (κ3) is 10.2. The molecule has 4 nitrogen and oxygen atoms in total. The predicted octanol–water partition coefficient (Wildman–Crippen LogP) is 5.72. The van der Waals surface area contributed by atoms with Gasteiger partial charge >= 0.3 is 0 Å². The van der Waals surface area contributed by atoms with Crippen LogP contribution in [0.2, 0.25) is 0 Å². The Morgan fingerprint density at radius 2 is 1.17 bits per heavy atom. The Labute approximate surface area is 223 Å². The molecule has 0 amide bonds. The van der Waals surface area contributed by atoms with Crippen LogP contribution in [0, 0.1) is 0 Å². The van der Waals surface area contributed by atoms with Gasteiger partial charge in [0.15, 0.2) is 0 Å². The second-order valence-corrected chi connectivity index (χ2v) is 8.68. The molecular formula is C29H38Cl2N2O2. The molecule has 4 rings (SSSR count). The zero-order valence-corrected chi connectivity index (χ0v) is 22.0. The molecule has 0 radical (unpaired) electrons. The number of ether oxygens (including phenoxy) is 2. The first kappa shape index (κ1) is 29.2. The van der Waals surface area contributed by atoms with Crippen LogP contribution < -0.4 is 4.74 Å². The number of hydrogen-bond acceptors (Lipinski definition) is 4. The van der Waals surface area contributed by atoms with Gasteiger partial charge in [0.1, 0.15) is 5.75 Å². The molecule has 0 N–H and O–H groups in total. The Morgan fingerprint density at radius 3 is 1.86 bits per heavy atom. The average molecular weight is 518 g/mol. The van der Waals surface area contributed by atoms with E-state index in [1.54, 1.807) is 0 Å². The first-order valence-corrected chi connectivity index (χ1v) is 12.2. The Balaban J connectivity index is 0.00000216. The number of hydrogen-bond donors (Lipinski definition) is 0. The van der Waals surface area contributed by atoms with Gasteiger partial charge in [-0.3, -0.25) is 4.90 Å². The van der Waals surface area contributed by atoms with Gasteiger partial charge in [-0.15, -0.1) is 24.8 Å². The van der Waals surface area contributed by atoms with E-state index in [2.05, 4.69) is 64.4 Å². The van der Waals surface area contributed by atoms with Gasteiger partial charge in [0.2, 0.25) is 0 Å². The molecule has 1 saturated heterocycles. The van der Waals surface area contributed by atoms with E-state index in [-0.39, 0.29) is 24.8 Å². The van der Waals surface area contributed by atoms with Crippen LogP contribution in [-0.2, 0) is 17.8 Å². The molecule has 1 fully saturated rings. The molecule has 3 aromatic carbocycles. The van der Waals surface area contributed by atoms with Gasteiger partial charge in [-0.1, -0.05) is 72.8 Å². The van der Waals surface area contributed by atoms with Crippen LogP contribution in [0.25, 0.3) is 0 Å². The highest BCUT2D eigenvalue weighted by molar-refractivity contribution is 5.85. The molecule has 0 aliphatic carbocycles. The Bertz CT molecular complexity index is 936. The van der Waals surface area contributed by atoms with Gasteiger partial charge in [0.25, 0.3) is 0 Å². The maximum absolute atomic E-state index is 6.08. The minimum absolute atomic E-state index is 0. The summed E-state index contributed by atoms with van der Waals surface area (Å²) in [6.45, 7) is 8.86. The highest BCUT2D eigenvalue weighted by Crippen LogP contribution is 2.15. The predicted molar refractivity (Wildman–Crippen MR) is 149 cm³/mol. The van der Waals surface area contributed by atoms with Crippen molar-refractivity contribution < 1.29 is 9.47 Å². The molecule has 1 aliphatic rings. The van der Waals surface area contributed by atoms with E-state index >= 15 is 0 Å². The van der Waals surface area contributed by atoms with Crippen molar-refractivity contribution in [2.45, 2.75) is 19.4 Å². The van der Waals surface area contributed by atoms with Gasteiger partial charge < -0.3 is 14.4 Å². The first-order valence-electron chi connectivity index (χ1n) is 12.2. The SMILES string of the molecule is Cl.Cl.c1ccc(Cc2ccccc2COCCN2CCN(CCCOc3ccccc3)CC2)cc1. The fourth-order valence-corrected chi connectivity index (χ4v) is 4.29. The topological polar surface area (TPSA) is 24.9 Å². The maximum atomic E-state index is 6.08. The molecule has 0 atom stereocenters. The van der Waals surface area contributed by atoms with Gasteiger partial charge in [-0.25, -0.2) is 0 Å². The van der Waals surface area contributed by atoms with Gasteiger partial charge in [-0.05, 0) is 41.7 Å². The second kappa shape index (κ2) is 16.6. The number of rotatable bonds is 12. The van der Waals surface area contributed by atoms with E-state index in [0.717, 1.165) is 71.1 Å². The van der Waals surface area contributed by atoms with Crippen molar-refractivity contribution in [2.75, 3.05) is 52.5 Å². The van der Waals surface area contributed by atoms with Crippen molar-refractivity contribution in [2.24, 2.45) is 0 Å². The van der Waals surface area contributed by atoms with E-state index in [1.165, 1.54) is 16.7 Å². The van der Waals surface area contributed by atoms with Crippen molar-refractivity contribution >= 4 is 24.8 Å². The lowest BCUT2D eigenvalue weighted by atomic mass is 10.0. The van der Waals surface area contributed by atoms with Crippen molar-refractivity contribution in [1.82, 2.24) is 9.80 Å². The van der Waals surface area contributed by atoms with Crippen LogP contribution in [0.1, 0.15) is 23.1 Å². The Morgan fingerprint density at radius 1 is 0.600 bits per heavy atom. The minimum Gasteiger partial charge on any atom is -0.494 e. The van der Waals surface area contributed by atoms with Crippen LogP contribution in [-0.4, -0.2) is 62.3 Å². The molecule has 1 aliphatic heterocycles. The molecule has 0 aromatic heterocycles. The summed E-state index contributed by atoms with van der Waals surface area (Å²) in [6.07, 6.45) is 2.03. The molecule has 0 unspecified atom stereocenters. The van der Waals surface area contributed by atoms with Gasteiger partial charge in [-0.2, -0.15) is 0 Å². The summed E-state index contributed by atoms with van der Waals surface area (Å²) < 4.78 is 11.9. The van der Waals surface area contributed by atoms with E-state index in [9.17, 15) is 0 Å². The standard InChI is InChI=1S/C29H36N2O2.2ClH/c1-3-10-26(11-4-1)24-27-12-7-8-13-28(27)25-32-23-21-31-19-17-30(18-20-31)16-9-22-33-29-14-5-2-6-15-29;;/h1-8,10-15H,9,16-25H2;2*1H. The maximum Gasteiger partial charge on any atom is 0.119 e. The normalized spacial score (nSPS) is 14.1. The largest absolute Gasteiger partial charge is 0.494 e. The molecule has 0 saturated carbocycles. The van der Waals surface area contributed by atoms with Crippen LogP contribution in [0.15, 0.2) is 84.9 Å². The van der Waals surface area contributed by atoms with E-state index in [0.29, 0.717) is 6.61 Å². The highest BCUT2D eigenvalue weighted by atomic mass is 35.5. The zero-order chi connectivity index (χ0) is 22.6. The monoisotopic (exact) mass is 516 g/mol. The summed E-state index contributed by atoms with van der Waals surface area (Å²) in [5.74, 6) is 0.963. The summed E-state index contributed by atoms with van der Waals surface area (Å²) in [4.78, 5) is 5.07. The quantitative estimate of drug-likeness (QED) is 0.287. The van der Waals surface area contributed by atoms with E-state index in [1.807, 2.05) is 30.3 Å². The lowest BCUT2D eigenvalue weighted by Crippen LogP contribution is -2.47. The first-order chi connectivity index (χ1) is 16.4. The summed E-state index contributed by atoms with van der Waals surface area (Å²) in [6, 6.07) is 29.4. The fraction of sp³-hybridized carbons (Fsp3) is 0.379. The zero-order valence-electron chi connectivity index (χ0n) is 20.4. The number of piperazine rings is 1. The fourth-order valence-electron chi connectivity index (χ4n) is 4.29. The number of nitrogens with zero attached hydrogens (tertiary/aromatic N) is 2. The van der Waals surface area contributed by atoms with Crippen molar-refractivity contribution in [3.8, 4) is 5.75 Å². The van der Waals surface area contributed by atoms with E-state index < -0.39 is 0 Å². The van der Waals surface area contributed by atoms with Crippen LogP contribution in [0.3, 0.4) is 0 Å². The summed E-state index contributed by atoms with van der Waals surface area (Å²) in [7, 11) is 0. The molecule has 0 spiro atoms. The second-order valence-electron chi connectivity index (χ2n) is 8.68. The molecular weight excluding hydrogens is 479 g/mol. The summed E-state index contributed by atoms with van der Waals surface area (Å²) >= 11 is 0. The van der Waals surface area contributed by atoms with Crippen LogP contribution in [0.4, 0.5) is 0 Å². The minimum atomic E-state index is 0. The lowest BCUT2D eigenvalue weighted by Gasteiger charge is -2.34. The smallest absolute Gasteiger partial charge is 0.119 e. The lowest BCUT2D eigenvalue weighted by molar-refractivity contribution is 0.0670. The van der Waals surface area contributed by atoms with Crippen LogP contribution in [0.5, 0.6) is 5.75 Å². The molecule has 35 heavy (non-hydrogen) atoms.